The summed E-state index contributed by atoms with van der Waals surface area (Å²) >= 11 is 5.62. The highest BCUT2D eigenvalue weighted by Crippen LogP contribution is 2.16. The fourth-order valence-corrected chi connectivity index (χ4v) is 1.17. The minimum atomic E-state index is -1.12. The molecule has 0 aromatic heterocycles. The fourth-order valence-electron chi connectivity index (χ4n) is 0.994. The minimum absolute atomic E-state index is 0.0168. The third kappa shape index (κ3) is 2.06. The fraction of sp³-hybridized carbons (Fsp3) is 0.111. The zero-order valence-corrected chi connectivity index (χ0v) is 7.63. The van der Waals surface area contributed by atoms with E-state index in [0.29, 0.717) is 5.02 Å². The topological polar surface area (TPSA) is 54.4 Å². The number of carboxylic acids is 1. The number of hydrogen-bond donors (Lipinski definition) is 1. The predicted molar refractivity (Wildman–Crippen MR) is 48.4 cm³/mol. The summed E-state index contributed by atoms with van der Waals surface area (Å²) in [6.45, 7) is 1.30. The van der Waals surface area contributed by atoms with E-state index in [4.69, 9.17) is 16.7 Å². The van der Waals surface area contributed by atoms with E-state index in [1.54, 1.807) is 0 Å². The van der Waals surface area contributed by atoms with Crippen LogP contribution in [0.2, 0.25) is 5.02 Å². The molecular weight excluding hydrogens is 192 g/mol. The van der Waals surface area contributed by atoms with Crippen LogP contribution in [0, 0.1) is 0 Å². The maximum absolute atomic E-state index is 11.0. The van der Waals surface area contributed by atoms with Crippen molar-refractivity contribution < 1.29 is 14.7 Å². The summed E-state index contributed by atoms with van der Waals surface area (Å²) < 4.78 is 0. The van der Waals surface area contributed by atoms with Crippen molar-refractivity contribution in [3.05, 3.63) is 34.3 Å². The standard InChI is InChI=1S/C9H7ClO3/c1-5(11)8-4-6(10)2-3-7(8)9(12)13/h2-4H,1H3,(H,12,13). The van der Waals surface area contributed by atoms with Gasteiger partial charge in [0.1, 0.15) is 0 Å². The zero-order valence-electron chi connectivity index (χ0n) is 6.87. The zero-order chi connectivity index (χ0) is 10.0. The lowest BCUT2D eigenvalue weighted by Crippen LogP contribution is -2.05. The molecule has 3 nitrogen and oxygen atoms in total. The molecule has 68 valence electrons. The third-order valence-corrected chi connectivity index (χ3v) is 1.83. The van der Waals surface area contributed by atoms with Gasteiger partial charge in [0.25, 0.3) is 0 Å². The third-order valence-electron chi connectivity index (χ3n) is 1.59. The second kappa shape index (κ2) is 3.58. The van der Waals surface area contributed by atoms with Crippen LogP contribution in [-0.2, 0) is 0 Å². The van der Waals surface area contributed by atoms with E-state index in [2.05, 4.69) is 0 Å². The normalized spacial score (nSPS) is 9.69. The Balaban J connectivity index is 3.35. The first-order chi connectivity index (χ1) is 6.02. The SMILES string of the molecule is CC(=O)c1cc(Cl)ccc1C(=O)O. The highest BCUT2D eigenvalue weighted by atomic mass is 35.5. The monoisotopic (exact) mass is 198 g/mol. The first kappa shape index (κ1) is 9.74. The van der Waals surface area contributed by atoms with Crippen molar-refractivity contribution in [2.75, 3.05) is 0 Å². The summed E-state index contributed by atoms with van der Waals surface area (Å²) in [5, 5.41) is 9.07. The summed E-state index contributed by atoms with van der Waals surface area (Å²) in [6, 6.07) is 4.12. The number of halogens is 1. The Morgan fingerprint density at radius 2 is 1.92 bits per heavy atom. The van der Waals surface area contributed by atoms with Gasteiger partial charge < -0.3 is 5.11 Å². The second-order valence-corrected chi connectivity index (χ2v) is 2.99. The second-order valence-electron chi connectivity index (χ2n) is 2.55. The number of hydrogen-bond acceptors (Lipinski definition) is 2. The van der Waals surface area contributed by atoms with Gasteiger partial charge in [0.15, 0.2) is 5.78 Å². The number of carboxylic acid groups (broad SMARTS) is 1. The lowest BCUT2D eigenvalue weighted by molar-refractivity contribution is 0.0692. The number of Topliss-reactive ketones (excluding diaryl/α,β-unsaturated/α-hetero) is 1. The molecule has 0 aliphatic carbocycles. The summed E-state index contributed by atoms with van der Waals surface area (Å²) in [5.74, 6) is -1.43. The van der Waals surface area contributed by atoms with Gasteiger partial charge in [-0.1, -0.05) is 11.6 Å². The van der Waals surface area contributed by atoms with Crippen LogP contribution in [0.25, 0.3) is 0 Å². The van der Waals surface area contributed by atoms with Gasteiger partial charge in [-0.3, -0.25) is 4.79 Å². The predicted octanol–water partition coefficient (Wildman–Crippen LogP) is 2.24. The van der Waals surface area contributed by atoms with Crippen molar-refractivity contribution in [1.82, 2.24) is 0 Å². The maximum Gasteiger partial charge on any atom is 0.336 e. The van der Waals surface area contributed by atoms with Crippen molar-refractivity contribution in [1.29, 1.82) is 0 Å². The molecule has 1 rings (SSSR count). The molecule has 0 atom stereocenters. The van der Waals surface area contributed by atoms with Crippen LogP contribution in [0.1, 0.15) is 27.6 Å². The Morgan fingerprint density at radius 1 is 1.31 bits per heavy atom. The lowest BCUT2D eigenvalue weighted by atomic mass is 10.0. The van der Waals surface area contributed by atoms with Crippen molar-refractivity contribution in [2.24, 2.45) is 0 Å². The number of carbonyl (C=O) groups is 2. The Labute approximate surface area is 79.9 Å². The molecule has 1 N–H and O–H groups in total. The highest BCUT2D eigenvalue weighted by molar-refractivity contribution is 6.31. The smallest absolute Gasteiger partial charge is 0.336 e. The molecule has 0 bridgehead atoms. The first-order valence-electron chi connectivity index (χ1n) is 3.56. The Bertz CT molecular complexity index is 371. The first-order valence-corrected chi connectivity index (χ1v) is 3.94. The Morgan fingerprint density at radius 3 is 2.38 bits per heavy atom. The Hall–Kier alpha value is -1.35. The maximum atomic E-state index is 11.0. The van der Waals surface area contributed by atoms with Crippen molar-refractivity contribution in [3.63, 3.8) is 0 Å². The molecular formula is C9H7ClO3. The minimum Gasteiger partial charge on any atom is -0.478 e. The van der Waals surface area contributed by atoms with Crippen molar-refractivity contribution in [3.8, 4) is 0 Å². The summed E-state index contributed by atoms with van der Waals surface area (Å²) in [6.07, 6.45) is 0. The van der Waals surface area contributed by atoms with Gasteiger partial charge >= 0.3 is 5.97 Å². The van der Waals surface area contributed by atoms with Crippen LogP contribution in [0.5, 0.6) is 0 Å². The molecule has 1 aromatic rings. The van der Waals surface area contributed by atoms with Gasteiger partial charge in [-0.2, -0.15) is 0 Å². The van der Waals surface area contributed by atoms with Gasteiger partial charge in [0, 0.05) is 10.6 Å². The summed E-state index contributed by atoms with van der Waals surface area (Å²) in [7, 11) is 0. The Kier molecular flexibility index (Phi) is 2.68. The number of benzene rings is 1. The van der Waals surface area contributed by atoms with Crippen LogP contribution < -0.4 is 0 Å². The molecule has 1 aromatic carbocycles. The van der Waals surface area contributed by atoms with Crippen LogP contribution in [0.3, 0.4) is 0 Å². The molecule has 0 saturated carbocycles. The molecule has 0 fully saturated rings. The van der Waals surface area contributed by atoms with Crippen LogP contribution in [0.4, 0.5) is 0 Å². The van der Waals surface area contributed by atoms with E-state index in [9.17, 15) is 9.59 Å². The highest BCUT2D eigenvalue weighted by Gasteiger charge is 2.13. The van der Waals surface area contributed by atoms with Gasteiger partial charge in [0.2, 0.25) is 0 Å². The largest absolute Gasteiger partial charge is 0.478 e. The summed E-state index contributed by atoms with van der Waals surface area (Å²) in [5.41, 5.74) is 0.122. The van der Waals surface area contributed by atoms with E-state index in [-0.39, 0.29) is 16.9 Å². The molecule has 0 aliphatic rings. The van der Waals surface area contributed by atoms with Gasteiger partial charge in [-0.05, 0) is 25.1 Å². The molecule has 0 unspecified atom stereocenters. The van der Waals surface area contributed by atoms with E-state index in [1.807, 2.05) is 0 Å². The molecule has 0 saturated heterocycles. The van der Waals surface area contributed by atoms with Gasteiger partial charge in [-0.15, -0.1) is 0 Å². The molecule has 0 amide bonds. The van der Waals surface area contributed by atoms with Crippen LogP contribution in [0.15, 0.2) is 18.2 Å². The number of rotatable bonds is 2. The van der Waals surface area contributed by atoms with E-state index < -0.39 is 5.97 Å². The van der Waals surface area contributed by atoms with Crippen molar-refractivity contribution in [2.45, 2.75) is 6.92 Å². The average Bonchev–Trinajstić information content (AvgIpc) is 2.03. The van der Waals surface area contributed by atoms with E-state index in [1.165, 1.54) is 25.1 Å². The molecule has 4 heteroatoms. The van der Waals surface area contributed by atoms with Crippen LogP contribution in [-0.4, -0.2) is 16.9 Å². The quantitative estimate of drug-likeness (QED) is 0.742. The van der Waals surface area contributed by atoms with Gasteiger partial charge in [0.05, 0.1) is 5.56 Å². The van der Waals surface area contributed by atoms with E-state index >= 15 is 0 Å². The molecule has 0 heterocycles. The number of aromatic carboxylic acids is 1. The average molecular weight is 199 g/mol. The molecule has 0 spiro atoms. The van der Waals surface area contributed by atoms with E-state index in [0.717, 1.165) is 0 Å². The van der Waals surface area contributed by atoms with Crippen molar-refractivity contribution >= 4 is 23.4 Å². The van der Waals surface area contributed by atoms with Gasteiger partial charge in [-0.25, -0.2) is 4.79 Å². The number of carbonyl (C=O) groups excluding carboxylic acids is 1. The molecule has 0 aliphatic heterocycles. The molecule has 13 heavy (non-hydrogen) atoms. The summed E-state index contributed by atoms with van der Waals surface area (Å²) in [4.78, 5) is 21.6. The van der Waals surface area contributed by atoms with Crippen LogP contribution >= 0.6 is 11.6 Å². The molecule has 0 radical (unpaired) electrons. The number of ketones is 1. The lowest BCUT2D eigenvalue weighted by Gasteiger charge is -2.01.